The summed E-state index contributed by atoms with van der Waals surface area (Å²) in [5.74, 6) is 0.361. The van der Waals surface area contributed by atoms with Crippen LogP contribution >= 0.6 is 11.6 Å². The fraction of sp³-hybridized carbons (Fsp3) is 0.267. The van der Waals surface area contributed by atoms with E-state index in [9.17, 15) is 0 Å². The van der Waals surface area contributed by atoms with E-state index in [0.717, 1.165) is 37.4 Å². The number of anilines is 2. The highest BCUT2D eigenvalue weighted by molar-refractivity contribution is 6.33. The van der Waals surface area contributed by atoms with Crippen LogP contribution in [0.1, 0.15) is 0 Å². The van der Waals surface area contributed by atoms with Crippen LogP contribution < -0.4 is 10.6 Å². The molecule has 2 heterocycles. The van der Waals surface area contributed by atoms with E-state index in [4.69, 9.17) is 22.1 Å². The topological polar surface area (TPSA) is 51.4 Å². The summed E-state index contributed by atoms with van der Waals surface area (Å²) in [5, 5.41) is 0.486. The Hall–Kier alpha value is -1.78. The van der Waals surface area contributed by atoms with E-state index in [1.807, 2.05) is 6.07 Å². The number of pyridine rings is 1. The molecule has 1 aliphatic rings. The molecule has 0 saturated carbocycles. The van der Waals surface area contributed by atoms with Crippen molar-refractivity contribution in [2.45, 2.75) is 0 Å². The summed E-state index contributed by atoms with van der Waals surface area (Å²) in [5.41, 5.74) is 8.89. The highest BCUT2D eigenvalue weighted by atomic mass is 35.5. The lowest BCUT2D eigenvalue weighted by atomic mass is 10.1. The molecule has 0 amide bonds. The second-order valence-corrected chi connectivity index (χ2v) is 5.14. The molecule has 0 bridgehead atoms. The van der Waals surface area contributed by atoms with Crippen molar-refractivity contribution in [1.82, 2.24) is 4.98 Å². The molecule has 104 valence electrons. The smallest absolute Gasteiger partial charge is 0.142 e. The molecule has 1 aromatic heterocycles. The van der Waals surface area contributed by atoms with Crippen LogP contribution in [0.25, 0.3) is 11.1 Å². The quantitative estimate of drug-likeness (QED) is 0.924. The van der Waals surface area contributed by atoms with Crippen LogP contribution in [0, 0.1) is 0 Å². The van der Waals surface area contributed by atoms with Gasteiger partial charge in [-0.05, 0) is 23.8 Å². The Morgan fingerprint density at radius 3 is 2.45 bits per heavy atom. The van der Waals surface area contributed by atoms with Crippen LogP contribution in [0.4, 0.5) is 11.5 Å². The third kappa shape index (κ3) is 2.71. The number of benzene rings is 1. The molecule has 0 radical (unpaired) electrons. The van der Waals surface area contributed by atoms with E-state index in [2.05, 4.69) is 34.1 Å². The first-order valence-electron chi connectivity index (χ1n) is 6.58. The molecule has 1 saturated heterocycles. The zero-order chi connectivity index (χ0) is 13.9. The molecule has 3 rings (SSSR count). The Balaban J connectivity index is 1.83. The number of hydrogen-bond acceptors (Lipinski definition) is 4. The molecule has 2 N–H and O–H groups in total. The summed E-state index contributed by atoms with van der Waals surface area (Å²) in [4.78, 5) is 6.41. The molecule has 4 nitrogen and oxygen atoms in total. The van der Waals surface area contributed by atoms with Crippen LogP contribution in [0.3, 0.4) is 0 Å². The summed E-state index contributed by atoms with van der Waals surface area (Å²) in [7, 11) is 0. The van der Waals surface area contributed by atoms with Gasteiger partial charge in [0.15, 0.2) is 0 Å². The number of nitrogens with zero attached hydrogens (tertiary/aromatic N) is 2. The number of hydrogen-bond donors (Lipinski definition) is 1. The van der Waals surface area contributed by atoms with Crippen molar-refractivity contribution in [2.24, 2.45) is 0 Å². The highest BCUT2D eigenvalue weighted by Crippen LogP contribution is 2.27. The first-order chi connectivity index (χ1) is 9.74. The lowest BCUT2D eigenvalue weighted by molar-refractivity contribution is 0.122. The summed E-state index contributed by atoms with van der Waals surface area (Å²) in [6.45, 7) is 3.46. The van der Waals surface area contributed by atoms with Crippen molar-refractivity contribution in [3.8, 4) is 11.1 Å². The molecule has 20 heavy (non-hydrogen) atoms. The minimum Gasteiger partial charge on any atom is -0.382 e. The molecule has 1 aromatic carbocycles. The third-order valence-corrected chi connectivity index (χ3v) is 3.75. The maximum atomic E-state index is 6.01. The van der Waals surface area contributed by atoms with E-state index in [0.29, 0.717) is 10.8 Å². The fourth-order valence-corrected chi connectivity index (χ4v) is 2.46. The predicted octanol–water partition coefficient (Wildman–Crippen LogP) is 2.82. The second-order valence-electron chi connectivity index (χ2n) is 4.74. The monoisotopic (exact) mass is 289 g/mol. The first kappa shape index (κ1) is 13.2. The van der Waals surface area contributed by atoms with E-state index in [-0.39, 0.29) is 0 Å². The van der Waals surface area contributed by atoms with E-state index >= 15 is 0 Å². The van der Waals surface area contributed by atoms with Gasteiger partial charge in [-0.1, -0.05) is 23.7 Å². The molecule has 5 heteroatoms. The van der Waals surface area contributed by atoms with Gasteiger partial charge in [-0.15, -0.1) is 0 Å². The van der Waals surface area contributed by atoms with E-state index < -0.39 is 0 Å². The predicted molar refractivity (Wildman–Crippen MR) is 82.1 cm³/mol. The van der Waals surface area contributed by atoms with Gasteiger partial charge in [0.05, 0.1) is 18.2 Å². The standard InChI is InChI=1S/C15H16ClN3O/c16-14-9-12(10-18-15(14)17)11-1-3-13(4-2-11)19-5-7-20-8-6-19/h1-4,9-10H,5-8H2,(H2,17,18). The number of halogens is 1. The van der Waals surface area contributed by atoms with Crippen LogP contribution in [-0.2, 0) is 4.74 Å². The molecule has 1 fully saturated rings. The van der Waals surface area contributed by atoms with E-state index in [1.54, 1.807) is 6.20 Å². The molecule has 0 atom stereocenters. The van der Waals surface area contributed by atoms with Crippen molar-refractivity contribution in [3.05, 3.63) is 41.6 Å². The Labute approximate surface area is 123 Å². The molecular weight excluding hydrogens is 274 g/mol. The van der Waals surface area contributed by atoms with Gasteiger partial charge in [0.2, 0.25) is 0 Å². The minimum atomic E-state index is 0.361. The summed E-state index contributed by atoms with van der Waals surface area (Å²) in [6.07, 6.45) is 1.74. The molecule has 0 spiro atoms. The normalized spacial score (nSPS) is 15.3. The van der Waals surface area contributed by atoms with Crippen LogP contribution in [0.5, 0.6) is 0 Å². The molecular formula is C15H16ClN3O. The van der Waals surface area contributed by atoms with Gasteiger partial charge in [0.1, 0.15) is 5.82 Å². The van der Waals surface area contributed by atoms with Gasteiger partial charge >= 0.3 is 0 Å². The molecule has 0 aliphatic carbocycles. The Morgan fingerprint density at radius 2 is 1.80 bits per heavy atom. The first-order valence-corrected chi connectivity index (χ1v) is 6.96. The molecule has 2 aromatic rings. The number of rotatable bonds is 2. The average Bonchev–Trinajstić information content (AvgIpc) is 2.51. The zero-order valence-electron chi connectivity index (χ0n) is 11.1. The van der Waals surface area contributed by atoms with Crippen LogP contribution in [-0.4, -0.2) is 31.3 Å². The number of nitrogen functional groups attached to an aromatic ring is 1. The second kappa shape index (κ2) is 5.69. The van der Waals surface area contributed by atoms with Crippen molar-refractivity contribution < 1.29 is 4.74 Å². The van der Waals surface area contributed by atoms with Crippen molar-refractivity contribution in [3.63, 3.8) is 0 Å². The largest absolute Gasteiger partial charge is 0.382 e. The van der Waals surface area contributed by atoms with Gasteiger partial charge in [0.25, 0.3) is 0 Å². The highest BCUT2D eigenvalue weighted by Gasteiger charge is 2.11. The number of aromatic nitrogens is 1. The molecule has 1 aliphatic heterocycles. The van der Waals surface area contributed by atoms with Crippen molar-refractivity contribution in [2.75, 3.05) is 36.9 Å². The average molecular weight is 290 g/mol. The van der Waals surface area contributed by atoms with Crippen LogP contribution in [0.15, 0.2) is 36.5 Å². The van der Waals surface area contributed by atoms with Crippen LogP contribution in [0.2, 0.25) is 5.02 Å². The maximum Gasteiger partial charge on any atom is 0.142 e. The Bertz CT molecular complexity index is 595. The van der Waals surface area contributed by atoms with Gasteiger partial charge < -0.3 is 15.4 Å². The van der Waals surface area contributed by atoms with Crippen molar-refractivity contribution >= 4 is 23.1 Å². The summed E-state index contributed by atoms with van der Waals surface area (Å²) in [6, 6.07) is 10.2. The number of nitrogens with two attached hydrogens (primary N) is 1. The third-order valence-electron chi connectivity index (χ3n) is 3.45. The summed E-state index contributed by atoms with van der Waals surface area (Å²) >= 11 is 6.01. The SMILES string of the molecule is Nc1ncc(-c2ccc(N3CCOCC3)cc2)cc1Cl. The van der Waals surface area contributed by atoms with Gasteiger partial charge in [-0.2, -0.15) is 0 Å². The minimum absolute atomic E-state index is 0.361. The Morgan fingerprint density at radius 1 is 1.10 bits per heavy atom. The van der Waals surface area contributed by atoms with Crippen molar-refractivity contribution in [1.29, 1.82) is 0 Å². The Kier molecular flexibility index (Phi) is 3.76. The fourth-order valence-electron chi connectivity index (χ4n) is 2.29. The lowest BCUT2D eigenvalue weighted by Crippen LogP contribution is -2.36. The molecule has 0 unspecified atom stereocenters. The van der Waals surface area contributed by atoms with Gasteiger partial charge in [0, 0.05) is 30.5 Å². The zero-order valence-corrected chi connectivity index (χ0v) is 11.8. The lowest BCUT2D eigenvalue weighted by Gasteiger charge is -2.28. The van der Waals surface area contributed by atoms with Gasteiger partial charge in [-0.25, -0.2) is 4.98 Å². The maximum absolute atomic E-state index is 6.01. The van der Waals surface area contributed by atoms with E-state index in [1.165, 1.54) is 5.69 Å². The summed E-state index contributed by atoms with van der Waals surface area (Å²) < 4.78 is 5.36. The number of morpholine rings is 1. The number of ether oxygens (including phenoxy) is 1. The van der Waals surface area contributed by atoms with Gasteiger partial charge in [-0.3, -0.25) is 0 Å².